The molecule has 0 bridgehead atoms. The lowest BCUT2D eigenvalue weighted by Gasteiger charge is -2.08. The molecule has 1 amide bonds. The highest BCUT2D eigenvalue weighted by Gasteiger charge is 2.06. The minimum absolute atomic E-state index is 0.169. The summed E-state index contributed by atoms with van der Waals surface area (Å²) in [7, 11) is 0. The fourth-order valence-electron chi connectivity index (χ4n) is 1.72. The Morgan fingerprint density at radius 1 is 1.20 bits per heavy atom. The zero-order valence-corrected chi connectivity index (χ0v) is 11.4. The summed E-state index contributed by atoms with van der Waals surface area (Å²) in [5.41, 5.74) is 7.51. The molecule has 20 heavy (non-hydrogen) atoms. The number of hydrogen-bond acceptors (Lipinski definition) is 3. The first kappa shape index (κ1) is 13.9. The second-order valence-corrected chi connectivity index (χ2v) is 4.45. The Labute approximate surface area is 118 Å². The number of nitrogens with one attached hydrogen (secondary N) is 1. The molecular formula is C16H18N2O2. The summed E-state index contributed by atoms with van der Waals surface area (Å²) in [6.45, 7) is 2.71. The molecule has 0 atom stereocenters. The Kier molecular flexibility index (Phi) is 4.60. The first-order chi connectivity index (χ1) is 9.69. The van der Waals surface area contributed by atoms with Crippen molar-refractivity contribution in [1.29, 1.82) is 0 Å². The smallest absolute Gasteiger partial charge is 0.255 e. The molecule has 0 unspecified atom stereocenters. The Morgan fingerprint density at radius 2 is 1.95 bits per heavy atom. The lowest BCUT2D eigenvalue weighted by Crippen LogP contribution is -2.11. The largest absolute Gasteiger partial charge is 0.494 e. The predicted octanol–water partition coefficient (Wildman–Crippen LogP) is 3.31. The minimum Gasteiger partial charge on any atom is -0.494 e. The van der Waals surface area contributed by atoms with E-state index in [0.29, 0.717) is 23.5 Å². The van der Waals surface area contributed by atoms with Crippen molar-refractivity contribution in [3.05, 3.63) is 54.1 Å². The van der Waals surface area contributed by atoms with E-state index in [0.717, 1.165) is 12.2 Å². The Balaban J connectivity index is 2.05. The number of amides is 1. The third-order valence-corrected chi connectivity index (χ3v) is 2.74. The Hall–Kier alpha value is -2.49. The number of carbonyl (C=O) groups is 1. The monoisotopic (exact) mass is 270 g/mol. The number of ether oxygens (including phenoxy) is 1. The maximum Gasteiger partial charge on any atom is 0.255 e. The van der Waals surface area contributed by atoms with E-state index in [4.69, 9.17) is 10.5 Å². The van der Waals surface area contributed by atoms with Crippen LogP contribution in [-0.4, -0.2) is 12.5 Å². The molecule has 0 fully saturated rings. The van der Waals surface area contributed by atoms with Crippen molar-refractivity contribution in [2.45, 2.75) is 13.3 Å². The fourth-order valence-corrected chi connectivity index (χ4v) is 1.72. The van der Waals surface area contributed by atoms with Crippen LogP contribution in [0.2, 0.25) is 0 Å². The average Bonchev–Trinajstić information content (AvgIpc) is 2.46. The van der Waals surface area contributed by atoms with Gasteiger partial charge in [-0.3, -0.25) is 4.79 Å². The summed E-state index contributed by atoms with van der Waals surface area (Å²) in [6.07, 6.45) is 0.946. The maximum atomic E-state index is 12.1. The molecule has 4 nitrogen and oxygen atoms in total. The number of nitrogen functional groups attached to an aromatic ring is 1. The van der Waals surface area contributed by atoms with Crippen molar-refractivity contribution < 1.29 is 9.53 Å². The van der Waals surface area contributed by atoms with E-state index in [-0.39, 0.29) is 5.91 Å². The molecule has 0 aliphatic rings. The Morgan fingerprint density at radius 3 is 2.65 bits per heavy atom. The molecule has 0 heterocycles. The van der Waals surface area contributed by atoms with Crippen LogP contribution < -0.4 is 15.8 Å². The molecule has 4 heteroatoms. The molecule has 0 spiro atoms. The van der Waals surface area contributed by atoms with Crippen molar-refractivity contribution in [2.75, 3.05) is 17.7 Å². The van der Waals surface area contributed by atoms with Gasteiger partial charge in [-0.1, -0.05) is 13.0 Å². The van der Waals surface area contributed by atoms with Crippen molar-refractivity contribution in [3.63, 3.8) is 0 Å². The molecule has 0 saturated carbocycles. The van der Waals surface area contributed by atoms with Gasteiger partial charge < -0.3 is 15.8 Å². The average molecular weight is 270 g/mol. The van der Waals surface area contributed by atoms with E-state index in [1.807, 2.05) is 31.2 Å². The van der Waals surface area contributed by atoms with Crippen LogP contribution in [0.5, 0.6) is 5.75 Å². The van der Waals surface area contributed by atoms with E-state index < -0.39 is 0 Å². The van der Waals surface area contributed by atoms with Gasteiger partial charge in [0.05, 0.1) is 6.61 Å². The van der Waals surface area contributed by atoms with Gasteiger partial charge in [0.25, 0.3) is 5.91 Å². The number of hydrogen-bond donors (Lipinski definition) is 2. The summed E-state index contributed by atoms with van der Waals surface area (Å²) in [4.78, 5) is 12.1. The van der Waals surface area contributed by atoms with E-state index in [1.165, 1.54) is 0 Å². The molecule has 0 radical (unpaired) electrons. The van der Waals surface area contributed by atoms with E-state index >= 15 is 0 Å². The molecule has 2 aromatic carbocycles. The van der Waals surface area contributed by atoms with E-state index in [1.54, 1.807) is 24.3 Å². The molecule has 104 valence electrons. The number of rotatable bonds is 5. The van der Waals surface area contributed by atoms with Crippen LogP contribution >= 0.6 is 0 Å². The molecule has 0 saturated heterocycles. The first-order valence-corrected chi connectivity index (χ1v) is 6.59. The zero-order valence-electron chi connectivity index (χ0n) is 11.4. The number of anilines is 2. The van der Waals surface area contributed by atoms with E-state index in [2.05, 4.69) is 5.32 Å². The van der Waals surface area contributed by atoms with Crippen molar-refractivity contribution in [1.82, 2.24) is 0 Å². The van der Waals surface area contributed by atoms with Gasteiger partial charge in [0, 0.05) is 23.0 Å². The summed E-state index contributed by atoms with van der Waals surface area (Å²) in [5, 5.41) is 2.83. The Bertz CT molecular complexity index is 579. The van der Waals surface area contributed by atoms with Gasteiger partial charge in [-0.15, -0.1) is 0 Å². The number of benzene rings is 2. The van der Waals surface area contributed by atoms with Crippen LogP contribution in [0, 0.1) is 0 Å². The summed E-state index contributed by atoms with van der Waals surface area (Å²) < 4.78 is 5.53. The third kappa shape index (κ3) is 3.75. The molecule has 3 N–H and O–H groups in total. The molecular weight excluding hydrogens is 252 g/mol. The SMILES string of the molecule is CCCOc1cccc(NC(=O)c2ccc(N)cc2)c1. The van der Waals surface area contributed by atoms with Gasteiger partial charge in [-0.25, -0.2) is 0 Å². The van der Waals surface area contributed by atoms with Crippen LogP contribution in [0.1, 0.15) is 23.7 Å². The van der Waals surface area contributed by atoms with Gasteiger partial charge >= 0.3 is 0 Å². The molecule has 0 aromatic heterocycles. The van der Waals surface area contributed by atoms with Crippen LogP contribution in [0.3, 0.4) is 0 Å². The van der Waals surface area contributed by atoms with Gasteiger partial charge in [-0.05, 0) is 42.8 Å². The van der Waals surface area contributed by atoms with Gasteiger partial charge in [0.1, 0.15) is 5.75 Å². The van der Waals surface area contributed by atoms with Crippen molar-refractivity contribution in [2.24, 2.45) is 0 Å². The molecule has 0 aliphatic heterocycles. The normalized spacial score (nSPS) is 10.1. The highest BCUT2D eigenvalue weighted by Crippen LogP contribution is 2.18. The lowest BCUT2D eigenvalue weighted by atomic mass is 10.2. The third-order valence-electron chi connectivity index (χ3n) is 2.74. The second kappa shape index (κ2) is 6.61. The molecule has 2 aromatic rings. The van der Waals surface area contributed by atoms with Crippen LogP contribution in [0.15, 0.2) is 48.5 Å². The topological polar surface area (TPSA) is 64.3 Å². The summed E-state index contributed by atoms with van der Waals surface area (Å²) in [5.74, 6) is 0.583. The van der Waals surface area contributed by atoms with Gasteiger partial charge in [0.2, 0.25) is 0 Å². The van der Waals surface area contributed by atoms with Crippen LogP contribution in [-0.2, 0) is 0 Å². The van der Waals surface area contributed by atoms with Crippen molar-refractivity contribution in [3.8, 4) is 5.75 Å². The molecule has 0 aliphatic carbocycles. The second-order valence-electron chi connectivity index (χ2n) is 4.45. The first-order valence-electron chi connectivity index (χ1n) is 6.59. The highest BCUT2D eigenvalue weighted by atomic mass is 16.5. The van der Waals surface area contributed by atoms with Crippen LogP contribution in [0.4, 0.5) is 11.4 Å². The fraction of sp³-hybridized carbons (Fsp3) is 0.188. The minimum atomic E-state index is -0.169. The standard InChI is InChI=1S/C16H18N2O2/c1-2-10-20-15-5-3-4-14(11-15)18-16(19)12-6-8-13(17)9-7-12/h3-9,11H,2,10,17H2,1H3,(H,18,19). The zero-order chi connectivity index (χ0) is 14.4. The lowest BCUT2D eigenvalue weighted by molar-refractivity contribution is 0.102. The quantitative estimate of drug-likeness (QED) is 0.819. The summed E-state index contributed by atoms with van der Waals surface area (Å²) >= 11 is 0. The van der Waals surface area contributed by atoms with E-state index in [9.17, 15) is 4.79 Å². The number of carbonyl (C=O) groups excluding carboxylic acids is 1. The summed E-state index contributed by atoms with van der Waals surface area (Å²) in [6, 6.07) is 14.2. The molecule has 2 rings (SSSR count). The number of nitrogens with two attached hydrogens (primary N) is 1. The highest BCUT2D eigenvalue weighted by molar-refractivity contribution is 6.04. The van der Waals surface area contributed by atoms with Crippen molar-refractivity contribution >= 4 is 17.3 Å². The van der Waals surface area contributed by atoms with Gasteiger partial charge in [0.15, 0.2) is 0 Å². The van der Waals surface area contributed by atoms with Gasteiger partial charge in [-0.2, -0.15) is 0 Å². The van der Waals surface area contributed by atoms with Crippen LogP contribution in [0.25, 0.3) is 0 Å². The maximum absolute atomic E-state index is 12.1. The predicted molar refractivity (Wildman–Crippen MR) is 81.0 cm³/mol.